The highest BCUT2D eigenvalue weighted by Crippen LogP contribution is 2.36. The summed E-state index contributed by atoms with van der Waals surface area (Å²) in [5.41, 5.74) is 0.857. The predicted molar refractivity (Wildman–Crippen MR) is 95.1 cm³/mol. The number of carbonyl (C=O) groups is 2. The smallest absolute Gasteiger partial charge is 0.329 e. The van der Waals surface area contributed by atoms with E-state index >= 15 is 0 Å². The molecule has 26 heavy (non-hydrogen) atoms. The van der Waals surface area contributed by atoms with Crippen molar-refractivity contribution in [1.29, 1.82) is 0 Å². The summed E-state index contributed by atoms with van der Waals surface area (Å²) in [6, 6.07) is 5.08. The van der Waals surface area contributed by atoms with E-state index in [4.69, 9.17) is 5.11 Å². The molecule has 0 aromatic heterocycles. The molecule has 2 fully saturated rings. The van der Waals surface area contributed by atoms with Crippen LogP contribution in [-0.2, 0) is 19.6 Å². The maximum absolute atomic E-state index is 12.8. The first-order chi connectivity index (χ1) is 12.2. The SMILES string of the molecule is Cc1ccc(S(=O)(=O)N2CCC(C(=O)NC3(C(=O)O)CC3)CC2)cc1C. The molecule has 1 saturated heterocycles. The molecule has 1 aliphatic heterocycles. The Morgan fingerprint density at radius 2 is 1.77 bits per heavy atom. The number of benzene rings is 1. The first kappa shape index (κ1) is 18.8. The van der Waals surface area contributed by atoms with E-state index in [-0.39, 0.29) is 29.8 Å². The van der Waals surface area contributed by atoms with Crippen molar-refractivity contribution in [3.05, 3.63) is 29.3 Å². The molecule has 0 unspecified atom stereocenters. The van der Waals surface area contributed by atoms with Crippen molar-refractivity contribution in [3.63, 3.8) is 0 Å². The Hall–Kier alpha value is -1.93. The number of piperidine rings is 1. The molecule has 0 radical (unpaired) electrons. The number of carbonyl (C=O) groups excluding carboxylic acids is 1. The van der Waals surface area contributed by atoms with Crippen LogP contribution < -0.4 is 5.32 Å². The van der Waals surface area contributed by atoms with E-state index < -0.39 is 21.5 Å². The Kier molecular flexibility index (Phi) is 4.83. The third-order valence-corrected chi connectivity index (χ3v) is 7.36. The van der Waals surface area contributed by atoms with Gasteiger partial charge in [0.05, 0.1) is 4.90 Å². The Morgan fingerprint density at radius 3 is 2.27 bits per heavy atom. The van der Waals surface area contributed by atoms with Crippen LogP contribution in [0.5, 0.6) is 0 Å². The van der Waals surface area contributed by atoms with Gasteiger partial charge in [0.1, 0.15) is 5.54 Å². The standard InChI is InChI=1S/C18H24N2O5S/c1-12-3-4-15(11-13(12)2)26(24,25)20-9-5-14(6-10-20)16(21)19-18(7-8-18)17(22)23/h3-4,11,14H,5-10H2,1-2H3,(H,19,21)(H,22,23). The topological polar surface area (TPSA) is 104 Å². The van der Waals surface area contributed by atoms with Gasteiger partial charge in [-0.3, -0.25) is 4.79 Å². The lowest BCUT2D eigenvalue weighted by molar-refractivity contribution is -0.144. The lowest BCUT2D eigenvalue weighted by Gasteiger charge is -2.31. The maximum atomic E-state index is 12.8. The molecule has 1 heterocycles. The molecular formula is C18H24N2O5S. The third kappa shape index (κ3) is 3.48. The van der Waals surface area contributed by atoms with E-state index in [0.717, 1.165) is 11.1 Å². The second-order valence-electron chi connectivity index (χ2n) is 7.30. The monoisotopic (exact) mass is 380 g/mol. The molecule has 1 aliphatic carbocycles. The summed E-state index contributed by atoms with van der Waals surface area (Å²) in [6.07, 6.45) is 1.69. The zero-order valence-corrected chi connectivity index (χ0v) is 15.8. The van der Waals surface area contributed by atoms with E-state index in [0.29, 0.717) is 25.7 Å². The van der Waals surface area contributed by atoms with Crippen LogP contribution in [0, 0.1) is 19.8 Å². The number of nitrogens with one attached hydrogen (secondary N) is 1. The molecule has 8 heteroatoms. The highest BCUT2D eigenvalue weighted by Gasteiger charge is 2.52. The summed E-state index contributed by atoms with van der Waals surface area (Å²) in [5.74, 6) is -1.63. The summed E-state index contributed by atoms with van der Waals surface area (Å²) < 4.78 is 27.0. The number of carboxylic acid groups (broad SMARTS) is 1. The fraction of sp³-hybridized carbons (Fsp3) is 0.556. The number of rotatable bonds is 5. The molecular weight excluding hydrogens is 356 g/mol. The van der Waals surface area contributed by atoms with Crippen LogP contribution in [0.1, 0.15) is 36.8 Å². The van der Waals surface area contributed by atoms with Gasteiger partial charge in [-0.1, -0.05) is 6.07 Å². The third-order valence-electron chi connectivity index (χ3n) is 5.46. The number of nitrogens with zero attached hydrogens (tertiary/aromatic N) is 1. The Bertz CT molecular complexity index is 837. The summed E-state index contributed by atoms with van der Waals surface area (Å²) in [5, 5.41) is 11.8. The fourth-order valence-electron chi connectivity index (χ4n) is 3.24. The second-order valence-corrected chi connectivity index (χ2v) is 9.24. The van der Waals surface area contributed by atoms with Crippen molar-refractivity contribution in [2.75, 3.05) is 13.1 Å². The molecule has 0 atom stereocenters. The van der Waals surface area contributed by atoms with Crippen molar-refractivity contribution in [1.82, 2.24) is 9.62 Å². The van der Waals surface area contributed by atoms with E-state index in [9.17, 15) is 18.0 Å². The number of carboxylic acids is 1. The maximum Gasteiger partial charge on any atom is 0.329 e. The van der Waals surface area contributed by atoms with Crippen molar-refractivity contribution < 1.29 is 23.1 Å². The van der Waals surface area contributed by atoms with Crippen molar-refractivity contribution in [2.45, 2.75) is 50.0 Å². The molecule has 1 amide bonds. The van der Waals surface area contributed by atoms with E-state index in [2.05, 4.69) is 5.32 Å². The van der Waals surface area contributed by atoms with Crippen LogP contribution in [0.4, 0.5) is 0 Å². The lowest BCUT2D eigenvalue weighted by Crippen LogP contribution is -2.48. The van der Waals surface area contributed by atoms with Crippen molar-refractivity contribution in [3.8, 4) is 0 Å². The fourth-order valence-corrected chi connectivity index (χ4v) is 4.79. The van der Waals surface area contributed by atoms with E-state index in [1.165, 1.54) is 4.31 Å². The molecule has 7 nitrogen and oxygen atoms in total. The van der Waals surface area contributed by atoms with Crippen molar-refractivity contribution in [2.24, 2.45) is 5.92 Å². The quantitative estimate of drug-likeness (QED) is 0.804. The molecule has 1 aromatic carbocycles. The van der Waals surface area contributed by atoms with Gasteiger partial charge in [-0.2, -0.15) is 4.31 Å². The summed E-state index contributed by atoms with van der Waals surface area (Å²) in [7, 11) is -3.58. The van der Waals surface area contributed by atoms with Gasteiger partial charge in [-0.25, -0.2) is 13.2 Å². The molecule has 142 valence electrons. The van der Waals surface area contributed by atoms with Gasteiger partial charge in [0.2, 0.25) is 15.9 Å². The highest BCUT2D eigenvalue weighted by molar-refractivity contribution is 7.89. The minimum Gasteiger partial charge on any atom is -0.480 e. The lowest BCUT2D eigenvalue weighted by atomic mass is 9.96. The minimum atomic E-state index is -3.58. The van der Waals surface area contributed by atoms with Crippen LogP contribution in [0.2, 0.25) is 0 Å². The van der Waals surface area contributed by atoms with Crippen LogP contribution in [0.3, 0.4) is 0 Å². The molecule has 0 spiro atoms. The minimum absolute atomic E-state index is 0.257. The average Bonchev–Trinajstić information content (AvgIpc) is 3.38. The Morgan fingerprint density at radius 1 is 1.15 bits per heavy atom. The molecule has 0 bridgehead atoms. The molecule has 2 N–H and O–H groups in total. The Labute approximate surface area is 153 Å². The van der Waals surface area contributed by atoms with Gasteiger partial charge < -0.3 is 10.4 Å². The largest absolute Gasteiger partial charge is 0.480 e. The zero-order chi connectivity index (χ0) is 19.1. The number of hydrogen-bond acceptors (Lipinski definition) is 4. The van der Waals surface area contributed by atoms with Gasteiger partial charge in [0, 0.05) is 19.0 Å². The number of aliphatic carboxylic acids is 1. The number of amides is 1. The van der Waals surface area contributed by atoms with Gasteiger partial charge in [-0.05, 0) is 62.8 Å². The van der Waals surface area contributed by atoms with Crippen LogP contribution >= 0.6 is 0 Å². The molecule has 1 aromatic rings. The normalized spacial score (nSPS) is 20.5. The summed E-state index contributed by atoms with van der Waals surface area (Å²) in [4.78, 5) is 23.8. The molecule has 3 rings (SSSR count). The number of hydrogen-bond donors (Lipinski definition) is 2. The van der Waals surface area contributed by atoms with E-state index in [1.54, 1.807) is 18.2 Å². The molecule has 1 saturated carbocycles. The Balaban J connectivity index is 1.63. The summed E-state index contributed by atoms with van der Waals surface area (Å²) in [6.45, 7) is 4.32. The number of aryl methyl sites for hydroxylation is 2. The zero-order valence-electron chi connectivity index (χ0n) is 15.0. The second kappa shape index (κ2) is 6.66. The first-order valence-electron chi connectivity index (χ1n) is 8.78. The van der Waals surface area contributed by atoms with Crippen LogP contribution in [-0.4, -0.2) is 48.3 Å². The van der Waals surface area contributed by atoms with Crippen molar-refractivity contribution >= 4 is 21.9 Å². The van der Waals surface area contributed by atoms with Gasteiger partial charge >= 0.3 is 5.97 Å². The predicted octanol–water partition coefficient (Wildman–Crippen LogP) is 1.44. The summed E-state index contributed by atoms with van der Waals surface area (Å²) >= 11 is 0. The van der Waals surface area contributed by atoms with Crippen LogP contribution in [0.15, 0.2) is 23.1 Å². The van der Waals surface area contributed by atoms with Gasteiger partial charge in [0.15, 0.2) is 0 Å². The first-order valence-corrected chi connectivity index (χ1v) is 10.2. The van der Waals surface area contributed by atoms with Crippen LogP contribution in [0.25, 0.3) is 0 Å². The molecule has 2 aliphatic rings. The van der Waals surface area contributed by atoms with Gasteiger partial charge in [0.25, 0.3) is 0 Å². The van der Waals surface area contributed by atoms with E-state index in [1.807, 2.05) is 13.8 Å². The highest BCUT2D eigenvalue weighted by atomic mass is 32.2. The van der Waals surface area contributed by atoms with Gasteiger partial charge in [-0.15, -0.1) is 0 Å². The number of sulfonamides is 1. The average molecular weight is 380 g/mol.